The van der Waals surface area contributed by atoms with Crippen molar-refractivity contribution in [2.24, 2.45) is 0 Å². The lowest BCUT2D eigenvalue weighted by Crippen LogP contribution is -2.20. The highest BCUT2D eigenvalue weighted by atomic mass is 32.1. The molecule has 0 bridgehead atoms. The number of aromatic nitrogens is 4. The first kappa shape index (κ1) is 20.4. The molecule has 0 N–H and O–H groups in total. The monoisotopic (exact) mass is 417 g/mol. The van der Waals surface area contributed by atoms with Crippen LogP contribution in [0.4, 0.5) is 5.69 Å². The van der Waals surface area contributed by atoms with Crippen molar-refractivity contribution in [3.05, 3.63) is 56.1 Å². The van der Waals surface area contributed by atoms with E-state index in [-0.39, 0.29) is 29.4 Å². The smallest absolute Gasteiger partial charge is 0.328 e. The Morgan fingerprint density at radius 2 is 1.97 bits per heavy atom. The van der Waals surface area contributed by atoms with Crippen LogP contribution >= 0.6 is 11.3 Å². The number of nitro groups is 1. The molecule has 0 atom stereocenters. The summed E-state index contributed by atoms with van der Waals surface area (Å²) in [6.45, 7) is 5.93. The van der Waals surface area contributed by atoms with Crippen LogP contribution in [0.1, 0.15) is 33.1 Å². The molecule has 0 aliphatic carbocycles. The second-order valence-corrected chi connectivity index (χ2v) is 7.33. The van der Waals surface area contributed by atoms with Crippen molar-refractivity contribution >= 4 is 28.8 Å². The summed E-state index contributed by atoms with van der Waals surface area (Å²) in [5, 5.41) is 17.6. The van der Waals surface area contributed by atoms with Gasteiger partial charge < -0.3 is 4.74 Å². The van der Waals surface area contributed by atoms with Crippen LogP contribution in [-0.2, 0) is 16.1 Å². The minimum absolute atomic E-state index is 0.136. The van der Waals surface area contributed by atoms with Gasteiger partial charge in [-0.3, -0.25) is 29.0 Å². The third-order valence-corrected chi connectivity index (χ3v) is 5.27. The Hall–Kier alpha value is -3.34. The third-order valence-electron chi connectivity index (χ3n) is 4.51. The third kappa shape index (κ3) is 3.94. The van der Waals surface area contributed by atoms with Gasteiger partial charge >= 0.3 is 11.7 Å². The highest BCUT2D eigenvalue weighted by Crippen LogP contribution is 2.23. The van der Waals surface area contributed by atoms with Gasteiger partial charge in [-0.2, -0.15) is 5.10 Å². The van der Waals surface area contributed by atoms with Gasteiger partial charge in [0.25, 0.3) is 0 Å². The van der Waals surface area contributed by atoms with Gasteiger partial charge in [-0.1, -0.05) is 0 Å². The molecule has 152 valence electrons. The van der Waals surface area contributed by atoms with E-state index in [0.29, 0.717) is 11.3 Å². The normalized spacial score (nSPS) is 10.9. The SMILES string of the molecule is Cc1nn(CC(=O)OCC(=O)c2cc(C)n(-c3nccs3)c2C)c(C)c1[N+](=O)[O-]. The maximum absolute atomic E-state index is 12.6. The molecular formula is C18H19N5O5S. The minimum Gasteiger partial charge on any atom is -0.456 e. The molecule has 0 saturated heterocycles. The molecule has 10 nitrogen and oxygen atoms in total. The standard InChI is InChI=1S/C18H19N5O5S/c1-10-7-14(12(3)22(10)18-19-5-6-29-18)15(24)9-28-16(25)8-21-13(4)17(23(26)27)11(2)20-21/h5-7H,8-9H2,1-4H3. The van der Waals surface area contributed by atoms with Crippen molar-refractivity contribution < 1.29 is 19.2 Å². The number of hydrogen-bond donors (Lipinski definition) is 0. The molecule has 11 heteroatoms. The van der Waals surface area contributed by atoms with Gasteiger partial charge in [-0.15, -0.1) is 11.3 Å². The summed E-state index contributed by atoms with van der Waals surface area (Å²) in [5.41, 5.74) is 2.35. The van der Waals surface area contributed by atoms with Crippen molar-refractivity contribution in [3.8, 4) is 5.13 Å². The summed E-state index contributed by atoms with van der Waals surface area (Å²) >= 11 is 1.45. The van der Waals surface area contributed by atoms with E-state index in [1.165, 1.54) is 29.9 Å². The maximum atomic E-state index is 12.6. The van der Waals surface area contributed by atoms with E-state index in [4.69, 9.17) is 4.74 Å². The number of thiazole rings is 1. The molecule has 0 radical (unpaired) electrons. The van der Waals surface area contributed by atoms with Crippen molar-refractivity contribution in [2.75, 3.05) is 6.61 Å². The van der Waals surface area contributed by atoms with E-state index in [1.807, 2.05) is 16.9 Å². The van der Waals surface area contributed by atoms with Gasteiger partial charge in [0, 0.05) is 28.5 Å². The molecule has 29 heavy (non-hydrogen) atoms. The van der Waals surface area contributed by atoms with Crippen LogP contribution in [0.3, 0.4) is 0 Å². The zero-order valence-corrected chi connectivity index (χ0v) is 17.1. The number of ether oxygens (including phenoxy) is 1. The Morgan fingerprint density at radius 1 is 1.24 bits per heavy atom. The summed E-state index contributed by atoms with van der Waals surface area (Å²) in [7, 11) is 0. The predicted octanol–water partition coefficient (Wildman–Crippen LogP) is 2.70. The van der Waals surface area contributed by atoms with E-state index < -0.39 is 17.5 Å². The second kappa shape index (κ2) is 7.95. The van der Waals surface area contributed by atoms with Crippen molar-refractivity contribution in [2.45, 2.75) is 34.2 Å². The molecule has 3 aromatic heterocycles. The van der Waals surface area contributed by atoms with Crippen LogP contribution in [-0.4, -0.2) is 42.6 Å². The molecular weight excluding hydrogens is 398 g/mol. The second-order valence-electron chi connectivity index (χ2n) is 6.45. The van der Waals surface area contributed by atoms with E-state index in [0.717, 1.165) is 10.8 Å². The first-order valence-corrected chi connectivity index (χ1v) is 9.54. The highest BCUT2D eigenvalue weighted by Gasteiger charge is 2.24. The summed E-state index contributed by atoms with van der Waals surface area (Å²) in [5.74, 6) is -1.04. The lowest BCUT2D eigenvalue weighted by molar-refractivity contribution is -0.386. The van der Waals surface area contributed by atoms with Crippen LogP contribution in [0.2, 0.25) is 0 Å². The van der Waals surface area contributed by atoms with Gasteiger partial charge in [0.2, 0.25) is 5.78 Å². The van der Waals surface area contributed by atoms with Gasteiger partial charge in [-0.05, 0) is 33.8 Å². The first-order chi connectivity index (χ1) is 13.7. The number of Topliss-reactive ketones (excluding diaryl/α,β-unsaturated/α-hetero) is 1. The topological polar surface area (TPSA) is 122 Å². The first-order valence-electron chi connectivity index (χ1n) is 8.66. The number of carbonyl (C=O) groups excluding carboxylic acids is 2. The van der Waals surface area contributed by atoms with Crippen LogP contribution in [0.5, 0.6) is 0 Å². The number of aryl methyl sites for hydroxylation is 2. The Labute approximate surface area is 169 Å². The van der Waals surface area contributed by atoms with Gasteiger partial charge in [0.15, 0.2) is 11.7 Å². The van der Waals surface area contributed by atoms with Crippen LogP contribution in [0.25, 0.3) is 5.13 Å². The molecule has 0 amide bonds. The highest BCUT2D eigenvalue weighted by molar-refractivity contribution is 7.12. The zero-order valence-electron chi connectivity index (χ0n) is 16.3. The lowest BCUT2D eigenvalue weighted by atomic mass is 10.1. The molecule has 0 spiro atoms. The molecule has 0 unspecified atom stereocenters. The van der Waals surface area contributed by atoms with E-state index in [9.17, 15) is 19.7 Å². The average molecular weight is 417 g/mol. The van der Waals surface area contributed by atoms with Crippen LogP contribution in [0.15, 0.2) is 17.6 Å². The molecule has 3 rings (SSSR count). The molecule has 3 aromatic rings. The largest absolute Gasteiger partial charge is 0.456 e. The number of rotatable bonds is 7. The molecule has 0 saturated carbocycles. The summed E-state index contributed by atoms with van der Waals surface area (Å²) in [6, 6.07) is 1.73. The molecule has 3 heterocycles. The lowest BCUT2D eigenvalue weighted by Gasteiger charge is -2.07. The summed E-state index contributed by atoms with van der Waals surface area (Å²) in [6.07, 6.45) is 1.69. The molecule has 0 fully saturated rings. The van der Waals surface area contributed by atoms with E-state index >= 15 is 0 Å². The van der Waals surface area contributed by atoms with E-state index in [1.54, 1.807) is 19.2 Å². The van der Waals surface area contributed by atoms with Crippen molar-refractivity contribution in [1.82, 2.24) is 19.3 Å². The van der Waals surface area contributed by atoms with Crippen molar-refractivity contribution in [3.63, 3.8) is 0 Å². The maximum Gasteiger partial charge on any atom is 0.328 e. The molecule has 0 aliphatic rings. The van der Waals surface area contributed by atoms with Gasteiger partial charge in [-0.25, -0.2) is 4.98 Å². The summed E-state index contributed by atoms with van der Waals surface area (Å²) in [4.78, 5) is 39.4. The van der Waals surface area contributed by atoms with E-state index in [2.05, 4.69) is 10.1 Å². The van der Waals surface area contributed by atoms with Gasteiger partial charge in [0.05, 0.1) is 4.92 Å². The predicted molar refractivity (Wildman–Crippen MR) is 105 cm³/mol. The number of ketones is 1. The quantitative estimate of drug-likeness (QED) is 0.251. The number of esters is 1. The Balaban J connectivity index is 1.67. The average Bonchev–Trinajstić information content (AvgIpc) is 3.32. The fraction of sp³-hybridized carbons (Fsp3) is 0.333. The van der Waals surface area contributed by atoms with Crippen LogP contribution < -0.4 is 0 Å². The number of hydrogen-bond acceptors (Lipinski definition) is 8. The zero-order chi connectivity index (χ0) is 21.3. The minimum atomic E-state index is -0.701. The Kier molecular flexibility index (Phi) is 5.59. The number of carbonyl (C=O) groups is 2. The van der Waals surface area contributed by atoms with Crippen molar-refractivity contribution in [1.29, 1.82) is 0 Å². The fourth-order valence-electron chi connectivity index (χ4n) is 3.16. The van der Waals surface area contributed by atoms with Crippen LogP contribution in [0, 0.1) is 37.8 Å². The fourth-order valence-corrected chi connectivity index (χ4v) is 3.91. The number of nitrogens with zero attached hydrogens (tertiary/aromatic N) is 5. The summed E-state index contributed by atoms with van der Waals surface area (Å²) < 4.78 is 8.15. The Morgan fingerprint density at radius 3 is 2.55 bits per heavy atom. The van der Waals surface area contributed by atoms with Gasteiger partial charge in [0.1, 0.15) is 17.9 Å². The Bertz CT molecular complexity index is 1100. The molecule has 0 aliphatic heterocycles. The molecule has 0 aromatic carbocycles.